The Morgan fingerprint density at radius 1 is 1.27 bits per heavy atom. The molecule has 0 aliphatic carbocycles. The van der Waals surface area contributed by atoms with Gasteiger partial charge in [-0.05, 0) is 32.4 Å². The van der Waals surface area contributed by atoms with E-state index in [1.165, 1.54) is 0 Å². The number of anilines is 1. The molecule has 0 bridgehead atoms. The number of imidazole rings is 1. The Hall–Kier alpha value is -3.20. The van der Waals surface area contributed by atoms with Crippen molar-refractivity contribution in [2.45, 2.75) is 32.9 Å². The minimum atomic E-state index is -0.525. The molecule has 0 radical (unpaired) electrons. The number of fused-ring (bicyclic) bond motifs is 3. The number of nitrogens with one attached hydrogen (secondary N) is 2. The lowest BCUT2D eigenvalue weighted by Crippen LogP contribution is -2.32. The Bertz CT molecular complexity index is 1240. The first-order valence-corrected chi connectivity index (χ1v) is 10.4. The van der Waals surface area contributed by atoms with Crippen molar-refractivity contribution in [3.05, 3.63) is 36.2 Å². The highest BCUT2D eigenvalue weighted by atomic mass is 32.1. The van der Waals surface area contributed by atoms with Crippen LogP contribution in [0.1, 0.15) is 26.3 Å². The minimum Gasteiger partial charge on any atom is -0.444 e. The molecule has 0 saturated carbocycles. The van der Waals surface area contributed by atoms with Gasteiger partial charge in [0.1, 0.15) is 20.8 Å². The first kappa shape index (κ1) is 20.1. The van der Waals surface area contributed by atoms with E-state index in [0.29, 0.717) is 18.0 Å². The molecule has 9 heteroatoms. The highest BCUT2D eigenvalue weighted by Gasteiger charge is 2.18. The third-order valence-corrected chi connectivity index (χ3v) is 5.55. The predicted molar refractivity (Wildman–Crippen MR) is 120 cm³/mol. The number of nitrogens with zero attached hydrogens (tertiary/aromatic N) is 4. The summed E-state index contributed by atoms with van der Waals surface area (Å²) in [6, 6.07) is 7.95. The number of benzene rings is 1. The molecule has 156 valence electrons. The molecule has 4 aromatic rings. The first-order valence-electron chi connectivity index (χ1n) is 9.60. The van der Waals surface area contributed by atoms with Crippen LogP contribution in [-0.2, 0) is 18.3 Å². The molecule has 0 fully saturated rings. The van der Waals surface area contributed by atoms with Crippen LogP contribution in [0.3, 0.4) is 0 Å². The molecule has 3 aromatic heterocycles. The van der Waals surface area contributed by atoms with Crippen LogP contribution >= 0.6 is 11.3 Å². The molecule has 0 unspecified atom stereocenters. The standard InChI is InChI=1S/C21H24N6O2S/c1-21(2,3)29-20(28)23-10-12-7-6-8-13(9-12)19-26-18-16(30-19)15-14(17(22-4)25-18)24-11-27(15)5/h6-9,11H,10H2,1-5H3,(H,22,25)(H,23,28). The first-order chi connectivity index (χ1) is 14.2. The van der Waals surface area contributed by atoms with Gasteiger partial charge in [0.15, 0.2) is 11.5 Å². The Balaban J connectivity index is 1.65. The smallest absolute Gasteiger partial charge is 0.407 e. The van der Waals surface area contributed by atoms with E-state index in [1.54, 1.807) is 17.7 Å². The number of thiazole rings is 1. The van der Waals surface area contributed by atoms with Gasteiger partial charge in [-0.3, -0.25) is 0 Å². The maximum absolute atomic E-state index is 11.9. The third kappa shape index (κ3) is 3.93. The molecule has 0 aliphatic rings. The average molecular weight is 425 g/mol. The summed E-state index contributed by atoms with van der Waals surface area (Å²) in [5.74, 6) is 0.713. The average Bonchev–Trinajstić information content (AvgIpc) is 3.28. The van der Waals surface area contributed by atoms with Gasteiger partial charge in [-0.2, -0.15) is 0 Å². The lowest BCUT2D eigenvalue weighted by Gasteiger charge is -2.19. The lowest BCUT2D eigenvalue weighted by molar-refractivity contribution is 0.0523. The number of alkyl carbamates (subject to hydrolysis) is 1. The normalized spacial score (nSPS) is 11.8. The van der Waals surface area contributed by atoms with Crippen LogP contribution in [0, 0.1) is 0 Å². The summed E-state index contributed by atoms with van der Waals surface area (Å²) in [6.07, 6.45) is 1.35. The largest absolute Gasteiger partial charge is 0.444 e. The number of carbonyl (C=O) groups excluding carboxylic acids is 1. The molecule has 4 rings (SSSR count). The number of aryl methyl sites for hydroxylation is 1. The second-order valence-corrected chi connectivity index (χ2v) is 8.99. The predicted octanol–water partition coefficient (Wildman–Crippen LogP) is 4.31. The van der Waals surface area contributed by atoms with Crippen molar-refractivity contribution in [1.82, 2.24) is 24.8 Å². The number of hydrogen-bond acceptors (Lipinski definition) is 7. The van der Waals surface area contributed by atoms with Crippen molar-refractivity contribution in [1.29, 1.82) is 0 Å². The summed E-state index contributed by atoms with van der Waals surface area (Å²) in [5.41, 5.74) is 3.94. The van der Waals surface area contributed by atoms with Crippen molar-refractivity contribution < 1.29 is 9.53 Å². The molecule has 0 atom stereocenters. The molecule has 0 spiro atoms. The highest BCUT2D eigenvalue weighted by Crippen LogP contribution is 2.36. The zero-order chi connectivity index (χ0) is 21.5. The molecule has 30 heavy (non-hydrogen) atoms. The van der Waals surface area contributed by atoms with Crippen molar-refractivity contribution in [3.63, 3.8) is 0 Å². The molecule has 3 heterocycles. The van der Waals surface area contributed by atoms with E-state index < -0.39 is 11.7 Å². The summed E-state index contributed by atoms with van der Waals surface area (Å²) in [7, 11) is 3.80. The monoisotopic (exact) mass is 424 g/mol. The second kappa shape index (κ2) is 7.56. The third-order valence-electron chi connectivity index (χ3n) is 4.45. The van der Waals surface area contributed by atoms with Crippen LogP contribution in [0.2, 0.25) is 0 Å². The van der Waals surface area contributed by atoms with E-state index in [0.717, 1.165) is 31.9 Å². The molecule has 1 aromatic carbocycles. The number of hydrogen-bond donors (Lipinski definition) is 2. The molecular formula is C21H24N6O2S. The SMILES string of the molecule is CNc1nc2nc(-c3cccc(CNC(=O)OC(C)(C)C)c3)sc2c2c1ncn2C. The zero-order valence-corrected chi connectivity index (χ0v) is 18.4. The Kier molecular flexibility index (Phi) is 5.07. The maximum Gasteiger partial charge on any atom is 0.407 e. The quantitative estimate of drug-likeness (QED) is 0.507. The van der Waals surface area contributed by atoms with Crippen molar-refractivity contribution >= 4 is 44.6 Å². The fourth-order valence-corrected chi connectivity index (χ4v) is 4.26. The van der Waals surface area contributed by atoms with Crippen molar-refractivity contribution in [3.8, 4) is 10.6 Å². The van der Waals surface area contributed by atoms with Gasteiger partial charge in [0, 0.05) is 26.2 Å². The van der Waals surface area contributed by atoms with Crippen molar-refractivity contribution in [2.75, 3.05) is 12.4 Å². The summed E-state index contributed by atoms with van der Waals surface area (Å²) in [5, 5.41) is 6.76. The minimum absolute atomic E-state index is 0.377. The number of rotatable bonds is 4. The van der Waals surface area contributed by atoms with Gasteiger partial charge in [-0.15, -0.1) is 11.3 Å². The fourth-order valence-electron chi connectivity index (χ4n) is 3.17. The fraction of sp³-hybridized carbons (Fsp3) is 0.333. The summed E-state index contributed by atoms with van der Waals surface area (Å²) >= 11 is 1.58. The number of ether oxygens (including phenoxy) is 1. The van der Waals surface area contributed by atoms with Gasteiger partial charge >= 0.3 is 6.09 Å². The van der Waals surface area contributed by atoms with Crippen LogP contribution in [0.5, 0.6) is 0 Å². The molecule has 2 N–H and O–H groups in total. The van der Waals surface area contributed by atoms with Gasteiger partial charge in [0.05, 0.1) is 11.8 Å². The molecule has 1 amide bonds. The van der Waals surface area contributed by atoms with E-state index in [-0.39, 0.29) is 0 Å². The van der Waals surface area contributed by atoms with E-state index in [2.05, 4.69) is 20.6 Å². The molecule has 8 nitrogen and oxygen atoms in total. The summed E-state index contributed by atoms with van der Waals surface area (Å²) in [4.78, 5) is 25.8. The maximum atomic E-state index is 11.9. The Morgan fingerprint density at radius 3 is 2.80 bits per heavy atom. The van der Waals surface area contributed by atoms with E-state index in [1.807, 2.05) is 63.7 Å². The van der Waals surface area contributed by atoms with Crippen LogP contribution in [-0.4, -0.2) is 38.3 Å². The van der Waals surface area contributed by atoms with Gasteiger partial charge in [-0.25, -0.2) is 19.7 Å². The van der Waals surface area contributed by atoms with Gasteiger partial charge in [-0.1, -0.05) is 18.2 Å². The Morgan fingerprint density at radius 2 is 2.07 bits per heavy atom. The second-order valence-electron chi connectivity index (χ2n) is 7.99. The highest BCUT2D eigenvalue weighted by molar-refractivity contribution is 7.22. The topological polar surface area (TPSA) is 94.0 Å². The zero-order valence-electron chi connectivity index (χ0n) is 17.6. The van der Waals surface area contributed by atoms with Crippen LogP contribution in [0.15, 0.2) is 30.6 Å². The number of carbonyl (C=O) groups is 1. The van der Waals surface area contributed by atoms with E-state index >= 15 is 0 Å². The van der Waals surface area contributed by atoms with Crippen molar-refractivity contribution in [2.24, 2.45) is 7.05 Å². The van der Waals surface area contributed by atoms with E-state index in [9.17, 15) is 4.79 Å². The van der Waals surface area contributed by atoms with Crippen LogP contribution in [0.4, 0.5) is 10.6 Å². The molecule has 0 aliphatic heterocycles. The molecular weight excluding hydrogens is 400 g/mol. The Labute approximate surface area is 178 Å². The number of pyridine rings is 1. The van der Waals surface area contributed by atoms with Gasteiger partial charge < -0.3 is 19.9 Å². The van der Waals surface area contributed by atoms with Gasteiger partial charge in [0.25, 0.3) is 0 Å². The number of aromatic nitrogens is 4. The lowest BCUT2D eigenvalue weighted by atomic mass is 10.1. The van der Waals surface area contributed by atoms with Gasteiger partial charge in [0.2, 0.25) is 0 Å². The number of amides is 1. The van der Waals surface area contributed by atoms with Crippen LogP contribution < -0.4 is 10.6 Å². The summed E-state index contributed by atoms with van der Waals surface area (Å²) < 4.78 is 8.28. The van der Waals surface area contributed by atoms with Crippen LogP contribution in [0.25, 0.3) is 32.0 Å². The summed E-state index contributed by atoms with van der Waals surface area (Å²) in [6.45, 7) is 5.90. The molecule has 0 saturated heterocycles. The van der Waals surface area contributed by atoms with E-state index in [4.69, 9.17) is 9.72 Å².